The first kappa shape index (κ1) is 14.0. The van der Waals surface area contributed by atoms with Crippen molar-refractivity contribution < 1.29 is 8.42 Å². The van der Waals surface area contributed by atoms with Crippen LogP contribution < -0.4 is 10.0 Å². The largest absolute Gasteiger partial charge is 0.315 e. The molecule has 0 aliphatic heterocycles. The summed E-state index contributed by atoms with van der Waals surface area (Å²) in [6.45, 7) is 2.67. The molecule has 1 aliphatic carbocycles. The van der Waals surface area contributed by atoms with Crippen molar-refractivity contribution in [3.63, 3.8) is 0 Å². The minimum absolute atomic E-state index is 0.130. The van der Waals surface area contributed by atoms with Gasteiger partial charge in [0.05, 0.1) is 0 Å². The highest BCUT2D eigenvalue weighted by molar-refractivity contribution is 7.91. The Morgan fingerprint density at radius 2 is 2.06 bits per heavy atom. The van der Waals surface area contributed by atoms with Crippen LogP contribution in [-0.2, 0) is 16.6 Å². The lowest BCUT2D eigenvalue weighted by Gasteiger charge is -2.10. The summed E-state index contributed by atoms with van der Waals surface area (Å²) < 4.78 is 27.7. The van der Waals surface area contributed by atoms with Gasteiger partial charge in [-0.2, -0.15) is 0 Å². The van der Waals surface area contributed by atoms with Gasteiger partial charge in [-0.3, -0.25) is 0 Å². The summed E-state index contributed by atoms with van der Waals surface area (Å²) in [5.74, 6) is 0. The Morgan fingerprint density at radius 1 is 1.39 bits per heavy atom. The summed E-state index contributed by atoms with van der Waals surface area (Å²) in [7, 11) is -1.46. The first-order chi connectivity index (χ1) is 8.53. The third-order valence-electron chi connectivity index (χ3n) is 3.28. The summed E-state index contributed by atoms with van der Waals surface area (Å²) in [6, 6.07) is 1.90. The van der Waals surface area contributed by atoms with Crippen LogP contribution in [0.3, 0.4) is 0 Å². The molecule has 1 heterocycles. The third kappa shape index (κ3) is 3.12. The Balaban J connectivity index is 2.15. The van der Waals surface area contributed by atoms with Crippen LogP contribution in [0.5, 0.6) is 0 Å². The van der Waals surface area contributed by atoms with Gasteiger partial charge in [0, 0.05) is 17.5 Å². The highest BCUT2D eigenvalue weighted by atomic mass is 32.2. The van der Waals surface area contributed by atoms with E-state index in [2.05, 4.69) is 10.0 Å². The van der Waals surface area contributed by atoms with Gasteiger partial charge < -0.3 is 5.32 Å². The molecule has 0 saturated heterocycles. The number of hydrogen-bond donors (Lipinski definition) is 2. The van der Waals surface area contributed by atoms with E-state index in [-0.39, 0.29) is 6.04 Å². The van der Waals surface area contributed by atoms with Crippen LogP contribution in [0.1, 0.15) is 36.1 Å². The van der Waals surface area contributed by atoms with E-state index in [1.54, 1.807) is 6.07 Å². The maximum atomic E-state index is 12.2. The molecule has 4 nitrogen and oxygen atoms in total. The van der Waals surface area contributed by atoms with Gasteiger partial charge in [0.1, 0.15) is 4.21 Å². The van der Waals surface area contributed by atoms with Gasteiger partial charge in [0.15, 0.2) is 0 Å². The molecule has 18 heavy (non-hydrogen) atoms. The number of thiophene rings is 1. The molecule has 2 N–H and O–H groups in total. The predicted molar refractivity (Wildman–Crippen MR) is 74.4 cm³/mol. The quantitative estimate of drug-likeness (QED) is 0.871. The lowest BCUT2D eigenvalue weighted by atomic mass is 10.3. The molecule has 0 bridgehead atoms. The molecule has 1 fully saturated rings. The molecule has 1 aromatic rings. The second kappa shape index (κ2) is 5.69. The zero-order chi connectivity index (χ0) is 13.2. The molecule has 0 unspecified atom stereocenters. The third-order valence-corrected chi connectivity index (χ3v) is 6.51. The summed E-state index contributed by atoms with van der Waals surface area (Å²) in [5.41, 5.74) is 1.04. The fraction of sp³-hybridized carbons (Fsp3) is 0.667. The number of rotatable bonds is 5. The maximum absolute atomic E-state index is 12.2. The van der Waals surface area contributed by atoms with Crippen molar-refractivity contribution in [1.29, 1.82) is 0 Å². The fourth-order valence-corrected chi connectivity index (χ4v) is 5.20. The van der Waals surface area contributed by atoms with Crippen molar-refractivity contribution in [2.45, 2.75) is 49.4 Å². The molecule has 2 rings (SSSR count). The minimum atomic E-state index is -3.32. The normalized spacial score (nSPS) is 17.4. The van der Waals surface area contributed by atoms with Gasteiger partial charge in [0.2, 0.25) is 10.0 Å². The second-order valence-corrected chi connectivity index (χ2v) is 7.88. The van der Waals surface area contributed by atoms with E-state index in [9.17, 15) is 8.42 Å². The summed E-state index contributed by atoms with van der Waals surface area (Å²) in [5, 5.41) is 3.06. The van der Waals surface area contributed by atoms with E-state index < -0.39 is 10.0 Å². The van der Waals surface area contributed by atoms with Gasteiger partial charge in [-0.1, -0.05) is 12.8 Å². The molecule has 1 aliphatic rings. The van der Waals surface area contributed by atoms with E-state index >= 15 is 0 Å². The maximum Gasteiger partial charge on any atom is 0.250 e. The first-order valence-electron chi connectivity index (χ1n) is 6.29. The van der Waals surface area contributed by atoms with Crippen LogP contribution in [0.4, 0.5) is 0 Å². The summed E-state index contributed by atoms with van der Waals surface area (Å²) >= 11 is 1.36. The van der Waals surface area contributed by atoms with Gasteiger partial charge in [-0.15, -0.1) is 11.3 Å². The number of sulfonamides is 1. The molecule has 102 valence electrons. The van der Waals surface area contributed by atoms with Gasteiger partial charge in [-0.05, 0) is 38.4 Å². The van der Waals surface area contributed by atoms with Crippen molar-refractivity contribution in [1.82, 2.24) is 10.0 Å². The van der Waals surface area contributed by atoms with Crippen LogP contribution in [-0.4, -0.2) is 21.5 Å². The summed E-state index contributed by atoms with van der Waals surface area (Å²) in [4.78, 5) is 1.09. The molecule has 1 aromatic heterocycles. The molecule has 0 amide bonds. The van der Waals surface area contributed by atoms with Crippen LogP contribution in [0.2, 0.25) is 0 Å². The average Bonchev–Trinajstić information content (AvgIpc) is 2.90. The van der Waals surface area contributed by atoms with Crippen molar-refractivity contribution >= 4 is 21.4 Å². The smallest absolute Gasteiger partial charge is 0.250 e. The highest BCUT2D eigenvalue weighted by Crippen LogP contribution is 2.27. The standard InChI is InChI=1S/C12H20N2O2S2/c1-9-7-12(17-11(9)8-13-2)18(15,16)14-10-5-3-4-6-10/h7,10,13-14H,3-6,8H2,1-2H3. The van der Waals surface area contributed by atoms with E-state index in [0.717, 1.165) is 42.7 Å². The fourth-order valence-electron chi connectivity index (χ4n) is 2.28. The van der Waals surface area contributed by atoms with Gasteiger partial charge in [0.25, 0.3) is 0 Å². The highest BCUT2D eigenvalue weighted by Gasteiger charge is 2.24. The van der Waals surface area contributed by atoms with Crippen molar-refractivity contribution in [3.8, 4) is 0 Å². The Bertz CT molecular complexity index is 502. The molecule has 0 aromatic carbocycles. The average molecular weight is 288 g/mol. The Morgan fingerprint density at radius 3 is 2.67 bits per heavy atom. The Hall–Kier alpha value is -0.430. The molecular formula is C12H20N2O2S2. The van der Waals surface area contributed by atoms with Crippen molar-refractivity contribution in [2.75, 3.05) is 7.05 Å². The van der Waals surface area contributed by atoms with E-state index in [1.807, 2.05) is 14.0 Å². The summed E-state index contributed by atoms with van der Waals surface area (Å²) in [6.07, 6.45) is 4.18. The Kier molecular flexibility index (Phi) is 4.42. The van der Waals surface area contributed by atoms with Gasteiger partial charge in [-0.25, -0.2) is 13.1 Å². The number of nitrogens with one attached hydrogen (secondary N) is 2. The Labute approximate surface area is 113 Å². The minimum Gasteiger partial charge on any atom is -0.315 e. The van der Waals surface area contributed by atoms with E-state index in [1.165, 1.54) is 11.3 Å². The predicted octanol–water partition coefficient (Wildman–Crippen LogP) is 2.00. The van der Waals surface area contributed by atoms with Gasteiger partial charge >= 0.3 is 0 Å². The zero-order valence-corrected chi connectivity index (χ0v) is 12.5. The molecule has 1 saturated carbocycles. The zero-order valence-electron chi connectivity index (χ0n) is 10.8. The lowest BCUT2D eigenvalue weighted by Crippen LogP contribution is -2.32. The lowest BCUT2D eigenvalue weighted by molar-refractivity contribution is 0.554. The molecule has 6 heteroatoms. The monoisotopic (exact) mass is 288 g/mol. The van der Waals surface area contributed by atoms with Crippen LogP contribution in [0, 0.1) is 6.92 Å². The SMILES string of the molecule is CNCc1sc(S(=O)(=O)NC2CCCC2)cc1C. The van der Waals surface area contributed by atoms with E-state index in [0.29, 0.717) is 4.21 Å². The van der Waals surface area contributed by atoms with Crippen molar-refractivity contribution in [2.24, 2.45) is 0 Å². The molecule has 0 radical (unpaired) electrons. The molecule has 0 atom stereocenters. The first-order valence-corrected chi connectivity index (χ1v) is 8.59. The number of hydrogen-bond acceptors (Lipinski definition) is 4. The van der Waals surface area contributed by atoms with Crippen LogP contribution in [0.25, 0.3) is 0 Å². The second-order valence-electron chi connectivity index (χ2n) is 4.80. The molecular weight excluding hydrogens is 268 g/mol. The van der Waals surface area contributed by atoms with Crippen LogP contribution in [0.15, 0.2) is 10.3 Å². The van der Waals surface area contributed by atoms with Crippen molar-refractivity contribution in [3.05, 3.63) is 16.5 Å². The number of aryl methyl sites for hydroxylation is 1. The molecule has 0 spiro atoms. The van der Waals surface area contributed by atoms with Crippen LogP contribution >= 0.6 is 11.3 Å². The topological polar surface area (TPSA) is 58.2 Å². The van der Waals surface area contributed by atoms with E-state index in [4.69, 9.17) is 0 Å².